The summed E-state index contributed by atoms with van der Waals surface area (Å²) in [6.07, 6.45) is 6.94. The normalized spacial score (nSPS) is 14.8. The lowest BCUT2D eigenvalue weighted by atomic mass is 9.69. The van der Waals surface area contributed by atoms with Crippen molar-refractivity contribution in [1.29, 1.82) is 0 Å². The lowest BCUT2D eigenvalue weighted by molar-refractivity contribution is 0.780. The molecule has 16 rings (SSSR count). The Kier molecular flexibility index (Phi) is 9.33. The summed E-state index contributed by atoms with van der Waals surface area (Å²) in [6.45, 7) is 0. The van der Waals surface area contributed by atoms with Crippen molar-refractivity contribution in [2.45, 2.75) is 23.7 Å². The van der Waals surface area contributed by atoms with Crippen LogP contribution in [0.4, 0.5) is 34.1 Å². The molecule has 0 atom stereocenters. The topological polar surface area (TPSA) is 6.48 Å². The van der Waals surface area contributed by atoms with E-state index in [1.54, 1.807) is 0 Å². The Morgan fingerprint density at radius 2 is 0.592 bits per heavy atom. The van der Waals surface area contributed by atoms with E-state index >= 15 is 0 Å². The molecule has 0 bridgehead atoms. The summed E-state index contributed by atoms with van der Waals surface area (Å²) < 4.78 is 0. The van der Waals surface area contributed by atoms with Crippen molar-refractivity contribution in [2.75, 3.05) is 9.80 Å². The van der Waals surface area contributed by atoms with Crippen molar-refractivity contribution >= 4 is 39.7 Å². The van der Waals surface area contributed by atoms with E-state index in [2.05, 4.69) is 289 Å². The van der Waals surface area contributed by atoms with Crippen LogP contribution < -0.4 is 9.80 Å². The third kappa shape index (κ3) is 5.87. The molecule has 11 aromatic rings. The van der Waals surface area contributed by atoms with Crippen LogP contribution in [-0.4, -0.2) is 0 Å². The summed E-state index contributed by atoms with van der Waals surface area (Å²) in [6, 6.07) is 99.7. The van der Waals surface area contributed by atoms with E-state index in [1.807, 2.05) is 0 Å². The molecule has 0 unspecified atom stereocenters. The number of para-hydroxylation sites is 2. The molecule has 0 fully saturated rings. The van der Waals surface area contributed by atoms with Crippen LogP contribution in [0.15, 0.2) is 285 Å². The first-order valence-electron chi connectivity index (χ1n) is 26.8. The molecule has 5 aliphatic carbocycles. The number of fused-ring (bicyclic) bond motifs is 19. The second-order valence-electron chi connectivity index (χ2n) is 21.0. The van der Waals surface area contributed by atoms with Gasteiger partial charge in [0.1, 0.15) is 0 Å². The largest absolute Gasteiger partial charge is 0.310 e. The van der Waals surface area contributed by atoms with Gasteiger partial charge in [-0.3, -0.25) is 0 Å². The van der Waals surface area contributed by atoms with E-state index in [1.165, 1.54) is 100 Å². The highest BCUT2D eigenvalue weighted by Crippen LogP contribution is 2.65. The fourth-order valence-electron chi connectivity index (χ4n) is 14.4. The molecule has 0 aliphatic heterocycles. The van der Waals surface area contributed by atoms with Gasteiger partial charge in [0.15, 0.2) is 0 Å². The highest BCUT2D eigenvalue weighted by molar-refractivity contribution is 5.99. The van der Waals surface area contributed by atoms with Gasteiger partial charge >= 0.3 is 0 Å². The maximum absolute atomic E-state index is 2.50. The van der Waals surface area contributed by atoms with Crippen molar-refractivity contribution in [1.82, 2.24) is 0 Å². The molecular formula is C74H50N2. The van der Waals surface area contributed by atoms with Gasteiger partial charge < -0.3 is 9.80 Å². The number of hydrogen-bond acceptors (Lipinski definition) is 2. The van der Waals surface area contributed by atoms with Crippen LogP contribution >= 0.6 is 0 Å². The predicted octanol–water partition coefficient (Wildman–Crippen LogP) is 19.1. The molecule has 0 aromatic heterocycles. The van der Waals surface area contributed by atoms with Crippen molar-refractivity contribution < 1.29 is 0 Å². The molecule has 2 heteroatoms. The van der Waals surface area contributed by atoms with Crippen LogP contribution in [0.5, 0.6) is 0 Å². The zero-order chi connectivity index (χ0) is 50.0. The molecule has 0 radical (unpaired) electrons. The molecule has 5 aliphatic rings. The first kappa shape index (κ1) is 43.0. The zero-order valence-electron chi connectivity index (χ0n) is 41.9. The van der Waals surface area contributed by atoms with Crippen LogP contribution in [0.1, 0.15) is 57.3 Å². The molecule has 2 nitrogen and oxygen atoms in total. The average molecular weight is 967 g/mol. The Labute approximate surface area is 444 Å². The van der Waals surface area contributed by atoms with Gasteiger partial charge in [0.2, 0.25) is 0 Å². The summed E-state index contributed by atoms with van der Waals surface area (Å²) in [7, 11) is 0. The molecule has 11 aromatic carbocycles. The Morgan fingerprint density at radius 3 is 1.03 bits per heavy atom. The monoisotopic (exact) mass is 966 g/mol. The molecule has 0 heterocycles. The molecule has 0 amide bonds. The van der Waals surface area contributed by atoms with Gasteiger partial charge in [-0.1, -0.05) is 206 Å². The minimum atomic E-state index is -0.422. The maximum Gasteiger partial charge on any atom is 0.0726 e. The van der Waals surface area contributed by atoms with Crippen molar-refractivity contribution in [3.63, 3.8) is 0 Å². The van der Waals surface area contributed by atoms with E-state index in [0.29, 0.717) is 0 Å². The summed E-state index contributed by atoms with van der Waals surface area (Å²) >= 11 is 0. The standard InChI is InChI=1S/C74H50N2/c1-3-19-51(20-4-1)75(55-43-45-63-61-27-11-17-33-69(61)73(71(63)47-55)65-29-13-7-23-57(65)58-24-8-14-30-66(58)73)53-39-35-49(36-40-53)50-37-41-54(42-38-50)76(52-21-5-2-6-22-52)56-44-46-64-62-28-12-18-34-70(62)74(72(64)48-56)67-31-15-9-25-59(67)60-26-10-16-32-68(60)74/h1-11,13-27,29-48H,12,28H2. The quantitative estimate of drug-likeness (QED) is 0.157. The number of rotatable bonds is 7. The Balaban J connectivity index is 0.777. The van der Waals surface area contributed by atoms with Crippen LogP contribution in [-0.2, 0) is 10.8 Å². The fraction of sp³-hybridized carbons (Fsp3) is 0.0541. The van der Waals surface area contributed by atoms with Gasteiger partial charge in [-0.2, -0.15) is 0 Å². The second kappa shape index (κ2) is 16.5. The first-order chi connectivity index (χ1) is 37.7. The number of anilines is 6. The highest BCUT2D eigenvalue weighted by atomic mass is 15.1. The van der Waals surface area contributed by atoms with Gasteiger partial charge in [0, 0.05) is 34.1 Å². The van der Waals surface area contributed by atoms with Crippen molar-refractivity contribution in [3.8, 4) is 44.5 Å². The molecule has 356 valence electrons. The third-order valence-electron chi connectivity index (χ3n) is 17.4. The average Bonchev–Trinajstić information content (AvgIpc) is 4.38. The number of benzene rings is 11. The van der Waals surface area contributed by atoms with Crippen molar-refractivity contribution in [3.05, 3.63) is 329 Å². The van der Waals surface area contributed by atoms with Crippen molar-refractivity contribution in [2.24, 2.45) is 0 Å². The van der Waals surface area contributed by atoms with E-state index in [-0.39, 0.29) is 5.41 Å². The summed E-state index contributed by atoms with van der Waals surface area (Å²) in [5.41, 5.74) is 30.0. The number of nitrogens with zero attached hydrogens (tertiary/aromatic N) is 2. The van der Waals surface area contributed by atoms with Gasteiger partial charge in [-0.05, 0) is 186 Å². The van der Waals surface area contributed by atoms with E-state index in [4.69, 9.17) is 0 Å². The molecule has 0 saturated heterocycles. The maximum atomic E-state index is 2.50. The van der Waals surface area contributed by atoms with Crippen LogP contribution in [0, 0.1) is 0 Å². The summed E-state index contributed by atoms with van der Waals surface area (Å²) in [5, 5.41) is 0. The SMILES string of the molecule is C1=CC2=C(CC1)c1ccc(N(c3ccccc3)c3ccc(-c4ccc(N(c5ccccc5)c5ccc6c(c5)C5(c7ccccc7-c7ccccc75)c5ccccc5-6)cc4)cc3)cc1C21c2ccccc2-c2ccccc21. The van der Waals surface area contributed by atoms with E-state index in [9.17, 15) is 0 Å². The van der Waals surface area contributed by atoms with Crippen LogP contribution in [0.3, 0.4) is 0 Å². The summed E-state index contributed by atoms with van der Waals surface area (Å²) in [5.74, 6) is 0. The third-order valence-corrected chi connectivity index (χ3v) is 17.4. The van der Waals surface area contributed by atoms with Gasteiger partial charge in [0.25, 0.3) is 0 Å². The summed E-state index contributed by atoms with van der Waals surface area (Å²) in [4.78, 5) is 4.85. The Morgan fingerprint density at radius 1 is 0.263 bits per heavy atom. The Hall–Kier alpha value is -9.50. The minimum absolute atomic E-state index is 0.373. The van der Waals surface area contributed by atoms with Gasteiger partial charge in [0.05, 0.1) is 10.8 Å². The molecule has 0 saturated carbocycles. The second-order valence-corrected chi connectivity index (χ2v) is 21.0. The zero-order valence-corrected chi connectivity index (χ0v) is 41.9. The minimum Gasteiger partial charge on any atom is -0.310 e. The van der Waals surface area contributed by atoms with Gasteiger partial charge in [-0.15, -0.1) is 0 Å². The fourth-order valence-corrected chi connectivity index (χ4v) is 14.4. The lowest BCUT2D eigenvalue weighted by Gasteiger charge is -2.33. The smallest absolute Gasteiger partial charge is 0.0726 e. The number of hydrogen-bond donors (Lipinski definition) is 0. The highest BCUT2D eigenvalue weighted by Gasteiger charge is 2.53. The van der Waals surface area contributed by atoms with Crippen LogP contribution in [0.25, 0.3) is 50.1 Å². The molecule has 2 spiro atoms. The predicted molar refractivity (Wildman–Crippen MR) is 315 cm³/mol. The first-order valence-corrected chi connectivity index (χ1v) is 26.8. The van der Waals surface area contributed by atoms with Gasteiger partial charge in [-0.25, -0.2) is 0 Å². The Bertz CT molecular complexity index is 4110. The molecule has 0 N–H and O–H groups in total. The lowest BCUT2D eigenvalue weighted by Crippen LogP contribution is -2.27. The molecule has 76 heavy (non-hydrogen) atoms. The van der Waals surface area contributed by atoms with E-state index < -0.39 is 5.41 Å². The van der Waals surface area contributed by atoms with Crippen LogP contribution in [0.2, 0.25) is 0 Å². The number of allylic oxidation sites excluding steroid dienone is 4. The molecular weight excluding hydrogens is 917 g/mol. The van der Waals surface area contributed by atoms with E-state index in [0.717, 1.165) is 47.0 Å².